The van der Waals surface area contributed by atoms with Gasteiger partial charge in [0.1, 0.15) is 0 Å². The maximum Gasteiger partial charge on any atom is 0.224 e. The molecule has 0 saturated carbocycles. The van der Waals surface area contributed by atoms with Gasteiger partial charge in [0.05, 0.1) is 6.04 Å². The van der Waals surface area contributed by atoms with E-state index in [2.05, 4.69) is 50.8 Å². The second-order valence-electron chi connectivity index (χ2n) is 5.24. The fourth-order valence-corrected chi connectivity index (χ4v) is 3.21. The van der Waals surface area contributed by atoms with Crippen LogP contribution in [0.5, 0.6) is 0 Å². The summed E-state index contributed by atoms with van der Waals surface area (Å²) in [7, 11) is 1.97. The predicted molar refractivity (Wildman–Crippen MR) is 88.4 cm³/mol. The van der Waals surface area contributed by atoms with Crippen LogP contribution >= 0.6 is 15.9 Å². The molecule has 21 heavy (non-hydrogen) atoms. The molecule has 0 aliphatic carbocycles. The van der Waals surface area contributed by atoms with Crippen LogP contribution in [0.3, 0.4) is 0 Å². The highest BCUT2D eigenvalue weighted by Gasteiger charge is 2.18. The van der Waals surface area contributed by atoms with Crippen LogP contribution in [0.1, 0.15) is 29.2 Å². The minimum Gasteiger partial charge on any atom is -0.326 e. The lowest BCUT2D eigenvalue weighted by molar-refractivity contribution is -0.116. The minimum atomic E-state index is 0.104. The van der Waals surface area contributed by atoms with E-state index in [0.29, 0.717) is 6.42 Å². The first kappa shape index (κ1) is 14.3. The zero-order valence-corrected chi connectivity index (χ0v) is 13.4. The minimum absolute atomic E-state index is 0.104. The number of nitrogens with one attached hydrogen (secondary N) is 2. The molecule has 0 saturated heterocycles. The third kappa shape index (κ3) is 3.01. The summed E-state index contributed by atoms with van der Waals surface area (Å²) in [5.41, 5.74) is 4.58. The normalized spacial score (nSPS) is 15.2. The van der Waals surface area contributed by atoms with E-state index in [-0.39, 0.29) is 11.9 Å². The van der Waals surface area contributed by atoms with Gasteiger partial charge < -0.3 is 10.6 Å². The smallest absolute Gasteiger partial charge is 0.224 e. The lowest BCUT2D eigenvalue weighted by Crippen LogP contribution is -2.21. The van der Waals surface area contributed by atoms with Crippen molar-refractivity contribution in [2.45, 2.75) is 18.9 Å². The van der Waals surface area contributed by atoms with Crippen LogP contribution in [0.15, 0.2) is 46.9 Å². The predicted octanol–water partition coefficient (Wildman–Crippen LogP) is 3.64. The molecule has 1 aliphatic rings. The van der Waals surface area contributed by atoms with Crippen molar-refractivity contribution in [2.75, 3.05) is 12.4 Å². The third-order valence-corrected chi connectivity index (χ3v) is 4.32. The molecule has 1 unspecified atom stereocenters. The molecule has 108 valence electrons. The summed E-state index contributed by atoms with van der Waals surface area (Å²) in [6.45, 7) is 0. The molecule has 2 aromatic rings. The SMILES string of the molecule is CNC(c1cccc(Br)c1)c1ccc2c(c1)CCC(=O)N2. The average Bonchev–Trinajstić information content (AvgIpc) is 2.48. The molecule has 0 spiro atoms. The fourth-order valence-electron chi connectivity index (χ4n) is 2.79. The number of rotatable bonds is 3. The molecule has 1 amide bonds. The molecule has 0 fully saturated rings. The molecule has 4 heteroatoms. The molecule has 2 N–H and O–H groups in total. The average molecular weight is 345 g/mol. The lowest BCUT2D eigenvalue weighted by atomic mass is 9.94. The van der Waals surface area contributed by atoms with E-state index < -0.39 is 0 Å². The number of carbonyl (C=O) groups is 1. The summed E-state index contributed by atoms with van der Waals surface area (Å²) < 4.78 is 1.07. The highest BCUT2D eigenvalue weighted by molar-refractivity contribution is 9.10. The van der Waals surface area contributed by atoms with Crippen LogP contribution in [0.25, 0.3) is 0 Å². The van der Waals surface area contributed by atoms with Crippen molar-refractivity contribution in [1.29, 1.82) is 0 Å². The van der Waals surface area contributed by atoms with Crippen molar-refractivity contribution in [3.05, 3.63) is 63.6 Å². The van der Waals surface area contributed by atoms with Gasteiger partial charge in [-0.25, -0.2) is 0 Å². The van der Waals surface area contributed by atoms with Crippen LogP contribution in [-0.2, 0) is 11.2 Å². The molecule has 1 atom stereocenters. The number of hydrogen-bond acceptors (Lipinski definition) is 2. The summed E-state index contributed by atoms with van der Waals surface area (Å²) in [5, 5.41) is 6.30. The van der Waals surface area contributed by atoms with Crippen LogP contribution in [0.2, 0.25) is 0 Å². The fraction of sp³-hybridized carbons (Fsp3) is 0.235. The number of fused-ring (bicyclic) bond motifs is 1. The first-order valence-electron chi connectivity index (χ1n) is 7.03. The summed E-state index contributed by atoms with van der Waals surface area (Å²) >= 11 is 3.52. The van der Waals surface area contributed by atoms with Crippen molar-refractivity contribution in [3.8, 4) is 0 Å². The van der Waals surface area contributed by atoms with E-state index in [1.807, 2.05) is 25.2 Å². The zero-order valence-electron chi connectivity index (χ0n) is 11.8. The van der Waals surface area contributed by atoms with Gasteiger partial charge in [0, 0.05) is 16.6 Å². The maximum atomic E-state index is 11.4. The van der Waals surface area contributed by atoms with Crippen molar-refractivity contribution >= 4 is 27.5 Å². The van der Waals surface area contributed by atoms with E-state index in [4.69, 9.17) is 0 Å². The van der Waals surface area contributed by atoms with E-state index >= 15 is 0 Å². The van der Waals surface area contributed by atoms with Crippen molar-refractivity contribution in [3.63, 3.8) is 0 Å². The topological polar surface area (TPSA) is 41.1 Å². The summed E-state index contributed by atoms with van der Waals surface area (Å²) in [6.07, 6.45) is 1.38. The van der Waals surface area contributed by atoms with E-state index in [0.717, 1.165) is 16.6 Å². The van der Waals surface area contributed by atoms with E-state index in [9.17, 15) is 4.79 Å². The van der Waals surface area contributed by atoms with Crippen LogP contribution < -0.4 is 10.6 Å². The first-order chi connectivity index (χ1) is 10.2. The Bertz CT molecular complexity index is 684. The molecular weight excluding hydrogens is 328 g/mol. The van der Waals surface area contributed by atoms with Gasteiger partial charge in [0.15, 0.2) is 0 Å². The Labute approximate surface area is 132 Å². The van der Waals surface area contributed by atoms with Gasteiger partial charge in [-0.3, -0.25) is 4.79 Å². The quantitative estimate of drug-likeness (QED) is 0.892. The monoisotopic (exact) mass is 344 g/mol. The second-order valence-corrected chi connectivity index (χ2v) is 6.16. The number of benzene rings is 2. The number of aryl methyl sites for hydroxylation is 1. The van der Waals surface area contributed by atoms with Gasteiger partial charge in [0.2, 0.25) is 5.91 Å². The molecule has 3 rings (SSSR count). The molecule has 0 aromatic heterocycles. The second kappa shape index (κ2) is 6.00. The van der Waals surface area contributed by atoms with Gasteiger partial charge in [-0.1, -0.05) is 40.2 Å². The zero-order chi connectivity index (χ0) is 14.8. The molecule has 1 aliphatic heterocycles. The van der Waals surface area contributed by atoms with Gasteiger partial charge >= 0.3 is 0 Å². The van der Waals surface area contributed by atoms with Crippen molar-refractivity contribution in [2.24, 2.45) is 0 Å². The van der Waals surface area contributed by atoms with Crippen LogP contribution in [-0.4, -0.2) is 13.0 Å². The molecule has 0 radical (unpaired) electrons. The van der Waals surface area contributed by atoms with Crippen LogP contribution in [0.4, 0.5) is 5.69 Å². The molecule has 2 aromatic carbocycles. The number of hydrogen-bond donors (Lipinski definition) is 2. The van der Waals surface area contributed by atoms with Crippen molar-refractivity contribution in [1.82, 2.24) is 5.32 Å². The maximum absolute atomic E-state index is 11.4. The van der Waals surface area contributed by atoms with Gasteiger partial charge in [-0.15, -0.1) is 0 Å². The molecule has 3 nitrogen and oxygen atoms in total. The van der Waals surface area contributed by atoms with E-state index in [1.54, 1.807) is 0 Å². The third-order valence-electron chi connectivity index (χ3n) is 3.83. The van der Waals surface area contributed by atoms with Gasteiger partial charge in [-0.2, -0.15) is 0 Å². The number of carbonyl (C=O) groups excluding carboxylic acids is 1. The number of anilines is 1. The summed E-state index contributed by atoms with van der Waals surface area (Å²) in [5.74, 6) is 0.104. The largest absolute Gasteiger partial charge is 0.326 e. The standard InChI is InChI=1S/C17H17BrN2O/c1-19-17(12-3-2-4-14(18)10-12)13-5-7-15-11(9-13)6-8-16(21)20-15/h2-5,7,9-10,17,19H,6,8H2,1H3,(H,20,21). The summed E-state index contributed by atoms with van der Waals surface area (Å²) in [4.78, 5) is 11.4. The van der Waals surface area contributed by atoms with Gasteiger partial charge in [0.25, 0.3) is 0 Å². The summed E-state index contributed by atoms with van der Waals surface area (Å²) in [6, 6.07) is 14.7. The van der Waals surface area contributed by atoms with Crippen molar-refractivity contribution < 1.29 is 4.79 Å². The Balaban J connectivity index is 1.96. The first-order valence-corrected chi connectivity index (χ1v) is 7.82. The number of amides is 1. The molecule has 1 heterocycles. The Morgan fingerprint density at radius 2 is 1.95 bits per heavy atom. The van der Waals surface area contributed by atoms with Crippen LogP contribution in [0, 0.1) is 0 Å². The highest BCUT2D eigenvalue weighted by Crippen LogP contribution is 2.29. The van der Waals surface area contributed by atoms with Gasteiger partial charge in [-0.05, 0) is 48.4 Å². The Morgan fingerprint density at radius 3 is 2.71 bits per heavy atom. The Kier molecular flexibility index (Phi) is 4.08. The molecular formula is C17H17BrN2O. The Morgan fingerprint density at radius 1 is 1.14 bits per heavy atom. The highest BCUT2D eigenvalue weighted by atomic mass is 79.9. The Hall–Kier alpha value is -1.65. The molecule has 0 bridgehead atoms. The lowest BCUT2D eigenvalue weighted by Gasteiger charge is -2.22. The number of halogens is 1. The van der Waals surface area contributed by atoms with E-state index in [1.165, 1.54) is 16.7 Å².